The first kappa shape index (κ1) is 15.1. The van der Waals surface area contributed by atoms with Crippen LogP contribution in [0.4, 0.5) is 4.79 Å². The molecule has 5 nitrogen and oxygen atoms in total. The van der Waals surface area contributed by atoms with Crippen LogP contribution in [0.25, 0.3) is 0 Å². The smallest absolute Gasteiger partial charge is 0.409 e. The number of carbonyl (C=O) groups excluding carboxylic acids is 2. The van der Waals surface area contributed by atoms with Gasteiger partial charge in [0.15, 0.2) is 0 Å². The van der Waals surface area contributed by atoms with Gasteiger partial charge < -0.3 is 14.4 Å². The van der Waals surface area contributed by atoms with Crippen molar-refractivity contribution >= 4 is 12.1 Å². The van der Waals surface area contributed by atoms with Gasteiger partial charge in [-0.15, -0.1) is 0 Å². The lowest BCUT2D eigenvalue weighted by Crippen LogP contribution is -2.43. The number of rotatable bonds is 3. The molecule has 0 spiro atoms. The number of esters is 1. The van der Waals surface area contributed by atoms with Gasteiger partial charge in [-0.05, 0) is 45.4 Å². The highest BCUT2D eigenvalue weighted by atomic mass is 16.6. The number of hydrogen-bond donors (Lipinski definition) is 0. The van der Waals surface area contributed by atoms with E-state index >= 15 is 0 Å². The fraction of sp³-hybridized carbons (Fsp3) is 0.867. The van der Waals surface area contributed by atoms with E-state index in [4.69, 9.17) is 9.47 Å². The number of ether oxygens (including phenoxy) is 2. The average Bonchev–Trinajstić information content (AvgIpc) is 2.48. The first-order chi connectivity index (χ1) is 9.70. The van der Waals surface area contributed by atoms with Crippen molar-refractivity contribution in [3.63, 3.8) is 0 Å². The van der Waals surface area contributed by atoms with Crippen molar-refractivity contribution in [3.05, 3.63) is 0 Å². The van der Waals surface area contributed by atoms with Crippen molar-refractivity contribution in [1.29, 1.82) is 0 Å². The zero-order valence-electron chi connectivity index (χ0n) is 12.3. The normalized spacial score (nSPS) is 24.2. The minimum atomic E-state index is -0.317. The van der Waals surface area contributed by atoms with Crippen molar-refractivity contribution in [2.75, 3.05) is 19.7 Å². The molecule has 0 radical (unpaired) electrons. The third kappa shape index (κ3) is 4.12. The van der Waals surface area contributed by atoms with Gasteiger partial charge in [-0.25, -0.2) is 4.79 Å². The lowest BCUT2D eigenvalue weighted by Gasteiger charge is -2.32. The monoisotopic (exact) mass is 283 g/mol. The summed E-state index contributed by atoms with van der Waals surface area (Å²) in [5, 5.41) is 0. The van der Waals surface area contributed by atoms with Gasteiger partial charge in [-0.1, -0.05) is 6.42 Å². The number of likely N-dealkylation sites (tertiary alicyclic amines) is 1. The highest BCUT2D eigenvalue weighted by Crippen LogP contribution is 2.24. The fourth-order valence-electron chi connectivity index (χ4n) is 2.99. The second-order valence-electron chi connectivity index (χ2n) is 5.68. The fourth-order valence-corrected chi connectivity index (χ4v) is 2.99. The van der Waals surface area contributed by atoms with E-state index in [1.54, 1.807) is 11.8 Å². The number of hydrogen-bond acceptors (Lipinski definition) is 4. The highest BCUT2D eigenvalue weighted by molar-refractivity contribution is 5.75. The Balaban J connectivity index is 1.81. The first-order valence-corrected chi connectivity index (χ1v) is 7.83. The largest absolute Gasteiger partial charge is 0.462 e. The number of amides is 1. The van der Waals surface area contributed by atoms with Gasteiger partial charge in [-0.2, -0.15) is 0 Å². The molecule has 1 aliphatic carbocycles. The molecule has 0 N–H and O–H groups in total. The molecule has 2 fully saturated rings. The van der Waals surface area contributed by atoms with Crippen molar-refractivity contribution < 1.29 is 19.1 Å². The summed E-state index contributed by atoms with van der Waals surface area (Å²) in [5.74, 6) is -0.319. The Labute approximate surface area is 120 Å². The van der Waals surface area contributed by atoms with Crippen LogP contribution < -0.4 is 0 Å². The SMILES string of the molecule is CCOC(=O)N1CCC[C@@H](C(=O)OC2CCCCC2)C1. The van der Waals surface area contributed by atoms with Gasteiger partial charge in [0.05, 0.1) is 12.5 Å². The van der Waals surface area contributed by atoms with E-state index in [-0.39, 0.29) is 24.1 Å². The molecule has 1 amide bonds. The molecular weight excluding hydrogens is 258 g/mol. The molecule has 1 heterocycles. The van der Waals surface area contributed by atoms with Gasteiger partial charge in [0.25, 0.3) is 0 Å². The topological polar surface area (TPSA) is 55.8 Å². The first-order valence-electron chi connectivity index (χ1n) is 7.83. The quantitative estimate of drug-likeness (QED) is 0.747. The molecule has 2 rings (SSSR count). The van der Waals surface area contributed by atoms with Crippen LogP contribution in [-0.4, -0.2) is 42.8 Å². The van der Waals surface area contributed by atoms with Crippen LogP contribution in [0.5, 0.6) is 0 Å². The summed E-state index contributed by atoms with van der Waals surface area (Å²) < 4.78 is 10.6. The summed E-state index contributed by atoms with van der Waals surface area (Å²) in [6.45, 7) is 3.26. The highest BCUT2D eigenvalue weighted by Gasteiger charge is 2.31. The zero-order valence-corrected chi connectivity index (χ0v) is 12.3. The molecular formula is C15H25NO4. The van der Waals surface area contributed by atoms with E-state index in [0.29, 0.717) is 19.7 Å². The van der Waals surface area contributed by atoms with Crippen LogP contribution in [0, 0.1) is 5.92 Å². The molecule has 5 heteroatoms. The van der Waals surface area contributed by atoms with Gasteiger partial charge in [0, 0.05) is 13.1 Å². The molecule has 0 aromatic carbocycles. The Bertz CT molecular complexity index is 339. The van der Waals surface area contributed by atoms with Crippen molar-refractivity contribution in [2.24, 2.45) is 5.92 Å². The predicted octanol–water partition coefficient (Wildman–Crippen LogP) is 2.73. The molecule has 2 aliphatic rings. The Morgan fingerprint density at radius 2 is 1.85 bits per heavy atom. The Hall–Kier alpha value is -1.26. The van der Waals surface area contributed by atoms with Crippen LogP contribution >= 0.6 is 0 Å². The van der Waals surface area contributed by atoms with Gasteiger partial charge in [-0.3, -0.25) is 4.79 Å². The van der Waals surface area contributed by atoms with Crippen LogP contribution in [0.15, 0.2) is 0 Å². The number of piperidine rings is 1. The average molecular weight is 283 g/mol. The van der Waals surface area contributed by atoms with Crippen molar-refractivity contribution in [1.82, 2.24) is 4.90 Å². The summed E-state index contributed by atoms with van der Waals surface area (Å²) in [6, 6.07) is 0. The predicted molar refractivity (Wildman–Crippen MR) is 74.3 cm³/mol. The molecule has 1 aliphatic heterocycles. The van der Waals surface area contributed by atoms with Gasteiger partial charge in [0.1, 0.15) is 6.10 Å². The summed E-state index contributed by atoms with van der Waals surface area (Å²) >= 11 is 0. The Kier molecular flexibility index (Phi) is 5.68. The van der Waals surface area contributed by atoms with Crippen molar-refractivity contribution in [3.8, 4) is 0 Å². The molecule has 1 atom stereocenters. The lowest BCUT2D eigenvalue weighted by molar-refractivity contribution is -0.157. The number of nitrogens with zero attached hydrogens (tertiary/aromatic N) is 1. The maximum absolute atomic E-state index is 12.2. The molecule has 0 bridgehead atoms. The Morgan fingerprint density at radius 3 is 2.55 bits per heavy atom. The van der Waals surface area contributed by atoms with Crippen LogP contribution in [0.1, 0.15) is 51.9 Å². The van der Waals surface area contributed by atoms with E-state index in [1.165, 1.54) is 6.42 Å². The summed E-state index contributed by atoms with van der Waals surface area (Å²) in [7, 11) is 0. The van der Waals surface area contributed by atoms with Crippen LogP contribution in [0.3, 0.4) is 0 Å². The summed E-state index contributed by atoms with van der Waals surface area (Å²) in [5.41, 5.74) is 0. The van der Waals surface area contributed by atoms with Gasteiger partial charge in [0.2, 0.25) is 0 Å². The standard InChI is InChI=1S/C15H25NO4/c1-2-19-15(18)16-10-6-7-12(11-16)14(17)20-13-8-4-3-5-9-13/h12-13H,2-11H2,1H3/t12-/m1/s1. The maximum atomic E-state index is 12.2. The van der Waals surface area contributed by atoms with E-state index in [0.717, 1.165) is 38.5 Å². The Morgan fingerprint density at radius 1 is 1.10 bits per heavy atom. The second-order valence-corrected chi connectivity index (χ2v) is 5.68. The molecule has 1 saturated heterocycles. The third-order valence-corrected chi connectivity index (χ3v) is 4.12. The summed E-state index contributed by atoms with van der Waals surface area (Å²) in [4.78, 5) is 25.5. The van der Waals surface area contributed by atoms with Crippen LogP contribution in [0.2, 0.25) is 0 Å². The third-order valence-electron chi connectivity index (χ3n) is 4.12. The van der Waals surface area contributed by atoms with E-state index in [2.05, 4.69) is 0 Å². The second kappa shape index (κ2) is 7.50. The maximum Gasteiger partial charge on any atom is 0.409 e. The molecule has 1 saturated carbocycles. The lowest BCUT2D eigenvalue weighted by atomic mass is 9.96. The molecule has 0 aromatic rings. The molecule has 114 valence electrons. The van der Waals surface area contributed by atoms with E-state index in [1.807, 2.05) is 0 Å². The molecule has 0 unspecified atom stereocenters. The minimum absolute atomic E-state index is 0.0919. The zero-order chi connectivity index (χ0) is 14.4. The van der Waals surface area contributed by atoms with Gasteiger partial charge >= 0.3 is 12.1 Å². The molecule has 0 aromatic heterocycles. The molecule has 20 heavy (non-hydrogen) atoms. The minimum Gasteiger partial charge on any atom is -0.462 e. The van der Waals surface area contributed by atoms with Crippen LogP contribution in [-0.2, 0) is 14.3 Å². The summed E-state index contributed by atoms with van der Waals surface area (Å²) in [6.07, 6.45) is 6.94. The van der Waals surface area contributed by atoms with E-state index < -0.39 is 0 Å². The number of carbonyl (C=O) groups is 2. The van der Waals surface area contributed by atoms with Crippen molar-refractivity contribution in [2.45, 2.75) is 58.0 Å². The van der Waals surface area contributed by atoms with E-state index in [9.17, 15) is 9.59 Å².